The molecule has 0 atom stereocenters. The van der Waals surface area contributed by atoms with Crippen LogP contribution in [-0.2, 0) is 21.7 Å². The van der Waals surface area contributed by atoms with Gasteiger partial charge in [-0.2, -0.15) is 0 Å². The quantitative estimate of drug-likeness (QED) is 0.149. The third kappa shape index (κ3) is 17.4. The Morgan fingerprint density at radius 3 is 1.19 bits per heavy atom. The van der Waals surface area contributed by atoms with Crippen molar-refractivity contribution in [1.82, 2.24) is 4.90 Å². The minimum absolute atomic E-state index is 0. The molecule has 0 aliphatic carbocycles. The van der Waals surface area contributed by atoms with E-state index in [1.165, 1.54) is 10.4 Å². The topological polar surface area (TPSA) is 69.3 Å². The van der Waals surface area contributed by atoms with Crippen LogP contribution in [0.1, 0.15) is 27.7 Å². The van der Waals surface area contributed by atoms with Gasteiger partial charge >= 0.3 is 21.7 Å². The second-order valence-electron chi connectivity index (χ2n) is 10.3. The minimum Gasteiger partial charge on any atom is -0.675 e. The number of likely N-dealkylation sites (N-methyl/N-ethyl adjacent to an activating group) is 1. The maximum absolute atomic E-state index is 8.19. The standard InChI is InChI=1S/C12H12NSi.C12H10N.C11H25N3.Ti/c13-14(11-7-3-1-4-8-11)12-9-5-2-6-10-12;1-3-7-11(8-4-1)13-12-9-5-2-6-10-12;1-10(2)12-6-8-14(5)9-7-13-11(3)4;/h1-10,13-14H;1-10H;10-11H,6-9H2,1-5H3;/q2*-1;-2;+4. The van der Waals surface area contributed by atoms with Gasteiger partial charge in [0.25, 0.3) is 0 Å². The fourth-order valence-corrected chi connectivity index (χ4v) is 5.32. The summed E-state index contributed by atoms with van der Waals surface area (Å²) in [5.41, 5.74) is 1.99. The zero-order valence-corrected chi connectivity index (χ0v) is 28.6. The van der Waals surface area contributed by atoms with Gasteiger partial charge in [-0.05, 0) is 29.1 Å². The number of nitrogens with one attached hydrogen (secondary N) is 1. The van der Waals surface area contributed by atoms with Crippen LogP contribution >= 0.6 is 0 Å². The zero-order chi connectivity index (χ0) is 29.7. The van der Waals surface area contributed by atoms with E-state index in [4.69, 9.17) is 5.40 Å². The predicted molar refractivity (Wildman–Crippen MR) is 183 cm³/mol. The first-order chi connectivity index (χ1) is 19.8. The van der Waals surface area contributed by atoms with Crippen molar-refractivity contribution in [2.75, 3.05) is 33.2 Å². The first-order valence-corrected chi connectivity index (χ1v) is 16.2. The Hall–Kier alpha value is -2.55. The Balaban J connectivity index is 0.000000311. The monoisotopic (exact) mass is 613 g/mol. The molecule has 4 rings (SSSR count). The summed E-state index contributed by atoms with van der Waals surface area (Å²) < 4.78 is 0. The predicted octanol–water partition coefficient (Wildman–Crippen LogP) is 8.08. The van der Waals surface area contributed by atoms with E-state index >= 15 is 0 Å². The first kappa shape index (κ1) is 37.5. The molecule has 0 aliphatic heterocycles. The van der Waals surface area contributed by atoms with Crippen molar-refractivity contribution in [2.45, 2.75) is 39.8 Å². The van der Waals surface area contributed by atoms with Crippen molar-refractivity contribution >= 4 is 30.7 Å². The number of hydrogen-bond donors (Lipinski definition) is 0. The molecule has 0 spiro atoms. The van der Waals surface area contributed by atoms with Crippen LogP contribution in [0.2, 0.25) is 0 Å². The summed E-state index contributed by atoms with van der Waals surface area (Å²) in [6, 6.07) is 41.1. The summed E-state index contributed by atoms with van der Waals surface area (Å²) in [7, 11) is 0.462. The fraction of sp³-hybridized carbons (Fsp3) is 0.314. The molecule has 4 aromatic rings. The van der Waals surface area contributed by atoms with Crippen LogP contribution in [0.3, 0.4) is 0 Å². The average molecular weight is 614 g/mol. The van der Waals surface area contributed by atoms with Crippen molar-refractivity contribution in [3.63, 3.8) is 0 Å². The Bertz CT molecular complexity index is 1060. The third-order valence-electron chi connectivity index (χ3n) is 5.99. The molecule has 0 unspecified atom stereocenters. The van der Waals surface area contributed by atoms with Crippen LogP contribution in [0.4, 0.5) is 11.4 Å². The van der Waals surface area contributed by atoms with Crippen LogP contribution in [-0.4, -0.2) is 59.2 Å². The Morgan fingerprint density at radius 1 is 0.571 bits per heavy atom. The Labute approximate surface area is 271 Å². The van der Waals surface area contributed by atoms with Crippen molar-refractivity contribution in [2.24, 2.45) is 0 Å². The number of rotatable bonds is 12. The van der Waals surface area contributed by atoms with Gasteiger partial charge in [0.05, 0.1) is 0 Å². The van der Waals surface area contributed by atoms with Gasteiger partial charge in [0.2, 0.25) is 0 Å². The zero-order valence-electron chi connectivity index (χ0n) is 25.9. The number of nitrogens with zero attached hydrogens (tertiary/aromatic N) is 4. The van der Waals surface area contributed by atoms with E-state index in [-0.39, 0.29) is 21.7 Å². The molecule has 4 aromatic carbocycles. The molecule has 5 nitrogen and oxygen atoms in total. The molecule has 0 amide bonds. The molecule has 0 radical (unpaired) electrons. The molecule has 7 heteroatoms. The Morgan fingerprint density at radius 2 is 0.881 bits per heavy atom. The molecule has 42 heavy (non-hydrogen) atoms. The van der Waals surface area contributed by atoms with Crippen molar-refractivity contribution in [3.05, 3.63) is 143 Å². The molecule has 0 fully saturated rings. The van der Waals surface area contributed by atoms with E-state index in [1.807, 2.05) is 97.1 Å². The molecule has 0 bridgehead atoms. The van der Waals surface area contributed by atoms with E-state index in [9.17, 15) is 0 Å². The van der Waals surface area contributed by atoms with Crippen molar-refractivity contribution in [1.29, 1.82) is 0 Å². The summed E-state index contributed by atoms with van der Waals surface area (Å²) in [6.45, 7) is 12.5. The third-order valence-corrected chi connectivity index (χ3v) is 8.09. The van der Waals surface area contributed by atoms with Gasteiger partial charge in [-0.15, -0.1) is 36.5 Å². The van der Waals surface area contributed by atoms with Crippen molar-refractivity contribution in [3.8, 4) is 0 Å². The smallest absolute Gasteiger partial charge is 0.675 e. The second-order valence-corrected chi connectivity index (χ2v) is 12.5. The molecular weight excluding hydrogens is 566 g/mol. The second kappa shape index (κ2) is 23.0. The summed E-state index contributed by atoms with van der Waals surface area (Å²) in [4.78, 5) is 2.29. The van der Waals surface area contributed by atoms with Gasteiger partial charge in [0, 0.05) is 0 Å². The molecule has 0 saturated carbocycles. The number of para-hydroxylation sites is 2. The summed E-state index contributed by atoms with van der Waals surface area (Å²) >= 11 is 0. The largest absolute Gasteiger partial charge is 4.00 e. The van der Waals surface area contributed by atoms with E-state index in [0.717, 1.165) is 37.6 Å². The van der Waals surface area contributed by atoms with Gasteiger partial charge < -0.3 is 26.2 Å². The van der Waals surface area contributed by atoms with Crippen LogP contribution in [0.5, 0.6) is 0 Å². The summed E-state index contributed by atoms with van der Waals surface area (Å²) in [5, 5.41) is 23.9. The number of hydrogen-bond acceptors (Lipinski definition) is 1. The van der Waals surface area contributed by atoms with E-state index in [0.29, 0.717) is 12.1 Å². The number of benzene rings is 4. The van der Waals surface area contributed by atoms with Gasteiger partial charge in [-0.1, -0.05) is 159 Å². The molecule has 220 valence electrons. The molecule has 0 aromatic heterocycles. The van der Waals surface area contributed by atoms with Crippen LogP contribution in [0.25, 0.3) is 21.3 Å². The molecule has 0 heterocycles. The van der Waals surface area contributed by atoms with E-state index in [2.05, 4.69) is 79.9 Å². The summed E-state index contributed by atoms with van der Waals surface area (Å²) in [6.07, 6.45) is 0. The normalized spacial score (nSPS) is 10.4. The molecule has 0 aliphatic rings. The van der Waals surface area contributed by atoms with Gasteiger partial charge in [0.1, 0.15) is 0 Å². The van der Waals surface area contributed by atoms with Crippen LogP contribution < -0.4 is 10.4 Å². The van der Waals surface area contributed by atoms with Gasteiger partial charge in [-0.3, -0.25) is 0 Å². The van der Waals surface area contributed by atoms with Crippen LogP contribution in [0, 0.1) is 0 Å². The molecule has 0 saturated heterocycles. The first-order valence-electron chi connectivity index (χ1n) is 14.5. The molecular formula is C35H47N5SiTi. The molecule has 1 N–H and O–H groups in total. The average Bonchev–Trinajstić information content (AvgIpc) is 2.99. The summed E-state index contributed by atoms with van der Waals surface area (Å²) in [5.74, 6) is 0. The van der Waals surface area contributed by atoms with Crippen molar-refractivity contribution < 1.29 is 21.7 Å². The maximum Gasteiger partial charge on any atom is 4.00 e. The van der Waals surface area contributed by atoms with Gasteiger partial charge in [-0.25, -0.2) is 0 Å². The Kier molecular flexibility index (Phi) is 20.5. The van der Waals surface area contributed by atoms with Crippen LogP contribution in [0.15, 0.2) is 121 Å². The fourth-order valence-electron chi connectivity index (χ4n) is 3.72. The minimum atomic E-state index is -1.67. The maximum atomic E-state index is 8.19. The SMILES string of the molecule is CC(C)[N-]CCN(C)CC[N-]C(C)C.[NH-][SiH](c1ccccc1)c1ccccc1.[Ti+4].c1ccc([N-]c2ccccc2)cc1. The van der Waals surface area contributed by atoms with E-state index in [1.54, 1.807) is 0 Å². The van der Waals surface area contributed by atoms with Gasteiger partial charge in [0.15, 0.2) is 0 Å². The van der Waals surface area contributed by atoms with E-state index < -0.39 is 8.96 Å².